The molecule has 0 saturated heterocycles. The summed E-state index contributed by atoms with van der Waals surface area (Å²) in [5, 5.41) is 0.924. The van der Waals surface area contributed by atoms with E-state index in [1.807, 2.05) is 44.3 Å². The summed E-state index contributed by atoms with van der Waals surface area (Å²) in [6, 6.07) is 17.5. The molecule has 2 aromatic carbocycles. The minimum atomic E-state index is -3.75. The van der Waals surface area contributed by atoms with Crippen LogP contribution in [0.4, 0.5) is 11.5 Å². The van der Waals surface area contributed by atoms with Gasteiger partial charge in [0.2, 0.25) is 6.41 Å². The maximum Gasteiger partial charge on any atom is 0.261 e. The fourth-order valence-corrected chi connectivity index (χ4v) is 5.04. The van der Waals surface area contributed by atoms with Crippen molar-refractivity contribution >= 4 is 39.0 Å². The molecule has 0 atom stereocenters. The number of nitrogens with one attached hydrogen (secondary N) is 2. The Hall–Kier alpha value is -3.85. The number of carbonyl (C=O) groups is 1. The zero-order valence-corrected chi connectivity index (χ0v) is 20.2. The number of aromatic nitrogens is 2. The number of sulfonamides is 1. The molecule has 0 spiro atoms. The van der Waals surface area contributed by atoms with E-state index in [0.29, 0.717) is 22.9 Å². The van der Waals surface area contributed by atoms with E-state index in [4.69, 9.17) is 4.74 Å². The Kier molecular flexibility index (Phi) is 5.94. The second-order valence-electron chi connectivity index (χ2n) is 8.83. The van der Waals surface area contributed by atoms with Crippen molar-refractivity contribution in [2.75, 3.05) is 9.62 Å². The molecule has 1 aliphatic carbocycles. The van der Waals surface area contributed by atoms with Crippen molar-refractivity contribution in [1.82, 2.24) is 9.97 Å². The average molecular weight is 491 g/mol. The normalized spacial score (nSPS) is 13.7. The molecule has 0 bridgehead atoms. The molecule has 0 unspecified atom stereocenters. The van der Waals surface area contributed by atoms with Crippen LogP contribution >= 0.6 is 0 Å². The summed E-state index contributed by atoms with van der Waals surface area (Å²) in [5.41, 5.74) is 2.94. The fraction of sp³-hybridized carbons (Fsp3) is 0.231. The van der Waals surface area contributed by atoms with Gasteiger partial charge in [0.15, 0.2) is 0 Å². The Balaban J connectivity index is 1.40. The number of hydrogen-bond acceptors (Lipinski definition) is 5. The van der Waals surface area contributed by atoms with Gasteiger partial charge in [0.25, 0.3) is 10.0 Å². The van der Waals surface area contributed by atoms with Gasteiger partial charge in [0, 0.05) is 23.3 Å². The first-order valence-corrected chi connectivity index (χ1v) is 12.9. The van der Waals surface area contributed by atoms with Gasteiger partial charge in [0.1, 0.15) is 17.2 Å². The second kappa shape index (κ2) is 9.07. The molecule has 0 aliphatic heterocycles. The van der Waals surface area contributed by atoms with Crippen LogP contribution in [-0.2, 0) is 14.8 Å². The van der Waals surface area contributed by atoms with E-state index in [0.717, 1.165) is 35.8 Å². The SMILES string of the molecule is CC(C)Oc1ccc(S(=O)(=O)Nc2ccc(-c3cc(N(C=O)C4CC4)nc4[nH]ccc34)cc2)cc1. The highest BCUT2D eigenvalue weighted by Gasteiger charge is 2.30. The number of rotatable bonds is 9. The molecule has 1 fully saturated rings. The van der Waals surface area contributed by atoms with E-state index < -0.39 is 10.0 Å². The molecule has 1 amide bonds. The Labute approximate surface area is 204 Å². The van der Waals surface area contributed by atoms with E-state index in [9.17, 15) is 13.2 Å². The summed E-state index contributed by atoms with van der Waals surface area (Å²) in [5.74, 6) is 1.22. The first-order chi connectivity index (χ1) is 16.8. The summed E-state index contributed by atoms with van der Waals surface area (Å²) in [7, 11) is -3.75. The number of carbonyl (C=O) groups excluding carboxylic acids is 1. The molecule has 2 N–H and O–H groups in total. The maximum absolute atomic E-state index is 12.8. The molecule has 8 nitrogen and oxygen atoms in total. The second-order valence-corrected chi connectivity index (χ2v) is 10.5. The molecule has 1 saturated carbocycles. The first-order valence-electron chi connectivity index (χ1n) is 11.5. The van der Waals surface area contributed by atoms with Crippen molar-refractivity contribution in [3.05, 3.63) is 66.9 Å². The zero-order chi connectivity index (χ0) is 24.6. The van der Waals surface area contributed by atoms with Crippen LogP contribution in [0.25, 0.3) is 22.2 Å². The number of benzene rings is 2. The Morgan fingerprint density at radius 1 is 1.09 bits per heavy atom. The van der Waals surface area contributed by atoms with E-state index in [1.165, 1.54) is 12.1 Å². The van der Waals surface area contributed by atoms with Gasteiger partial charge in [-0.25, -0.2) is 13.4 Å². The van der Waals surface area contributed by atoms with Gasteiger partial charge in [-0.2, -0.15) is 0 Å². The number of nitrogens with zero attached hydrogens (tertiary/aromatic N) is 2. The average Bonchev–Trinajstić information content (AvgIpc) is 3.55. The van der Waals surface area contributed by atoms with Gasteiger partial charge < -0.3 is 9.72 Å². The summed E-state index contributed by atoms with van der Waals surface area (Å²) in [6.07, 6.45) is 4.60. The summed E-state index contributed by atoms with van der Waals surface area (Å²) < 4.78 is 33.9. The largest absolute Gasteiger partial charge is 0.491 e. The highest BCUT2D eigenvalue weighted by molar-refractivity contribution is 7.92. The smallest absolute Gasteiger partial charge is 0.261 e. The summed E-state index contributed by atoms with van der Waals surface area (Å²) >= 11 is 0. The van der Waals surface area contributed by atoms with Gasteiger partial charge in [-0.1, -0.05) is 12.1 Å². The Morgan fingerprint density at radius 3 is 2.43 bits per heavy atom. The first kappa shape index (κ1) is 22.9. The molecule has 0 radical (unpaired) electrons. The van der Waals surface area contributed by atoms with Crippen molar-refractivity contribution in [3.63, 3.8) is 0 Å². The maximum atomic E-state index is 12.8. The topological polar surface area (TPSA) is 104 Å². The van der Waals surface area contributed by atoms with E-state index >= 15 is 0 Å². The molecular formula is C26H26N4O4S. The predicted octanol–water partition coefficient (Wildman–Crippen LogP) is 4.94. The number of amides is 1. The van der Waals surface area contributed by atoms with Crippen LogP contribution in [0.5, 0.6) is 5.75 Å². The third-order valence-corrected chi connectivity index (χ3v) is 7.18. The van der Waals surface area contributed by atoms with Crippen LogP contribution in [0, 0.1) is 0 Å². The molecule has 4 aromatic rings. The van der Waals surface area contributed by atoms with Crippen molar-refractivity contribution in [3.8, 4) is 16.9 Å². The van der Waals surface area contributed by atoms with Gasteiger partial charge in [-0.15, -0.1) is 0 Å². The van der Waals surface area contributed by atoms with Crippen molar-refractivity contribution in [2.45, 2.75) is 43.7 Å². The van der Waals surface area contributed by atoms with Crippen LogP contribution in [0.2, 0.25) is 0 Å². The van der Waals surface area contributed by atoms with Crippen molar-refractivity contribution < 1.29 is 17.9 Å². The summed E-state index contributed by atoms with van der Waals surface area (Å²) in [4.78, 5) is 21.2. The van der Waals surface area contributed by atoms with Crippen molar-refractivity contribution in [1.29, 1.82) is 0 Å². The molecule has 35 heavy (non-hydrogen) atoms. The quantitative estimate of drug-likeness (QED) is 0.323. The molecule has 2 aromatic heterocycles. The van der Waals surface area contributed by atoms with Gasteiger partial charge in [0.05, 0.1) is 11.0 Å². The van der Waals surface area contributed by atoms with Crippen LogP contribution in [0.1, 0.15) is 26.7 Å². The number of pyridine rings is 1. The third kappa shape index (κ3) is 4.85. The molecule has 2 heterocycles. The molecular weight excluding hydrogens is 464 g/mol. The zero-order valence-electron chi connectivity index (χ0n) is 19.4. The van der Waals surface area contributed by atoms with Crippen LogP contribution in [0.3, 0.4) is 0 Å². The van der Waals surface area contributed by atoms with Crippen molar-refractivity contribution in [2.24, 2.45) is 0 Å². The number of H-pyrrole nitrogens is 1. The van der Waals surface area contributed by atoms with Crippen LogP contribution in [0.15, 0.2) is 71.8 Å². The van der Waals surface area contributed by atoms with E-state index in [-0.39, 0.29) is 17.0 Å². The van der Waals surface area contributed by atoms with Gasteiger partial charge in [-0.05, 0) is 86.3 Å². The highest BCUT2D eigenvalue weighted by atomic mass is 32.2. The predicted molar refractivity (Wildman–Crippen MR) is 136 cm³/mol. The molecule has 1 aliphatic rings. The number of ether oxygens (including phenoxy) is 1. The van der Waals surface area contributed by atoms with Gasteiger partial charge >= 0.3 is 0 Å². The lowest BCUT2D eigenvalue weighted by atomic mass is 10.0. The lowest BCUT2D eigenvalue weighted by molar-refractivity contribution is -0.107. The van der Waals surface area contributed by atoms with E-state index in [2.05, 4.69) is 14.7 Å². The van der Waals surface area contributed by atoms with Crippen LogP contribution < -0.4 is 14.4 Å². The van der Waals surface area contributed by atoms with Gasteiger partial charge in [-0.3, -0.25) is 14.4 Å². The third-order valence-electron chi connectivity index (χ3n) is 5.79. The fourth-order valence-electron chi connectivity index (χ4n) is 3.98. The lowest BCUT2D eigenvalue weighted by Gasteiger charge is -2.17. The van der Waals surface area contributed by atoms with Crippen LogP contribution in [-0.4, -0.2) is 36.9 Å². The highest BCUT2D eigenvalue weighted by Crippen LogP contribution is 2.35. The number of aromatic amines is 1. The number of anilines is 2. The molecule has 5 rings (SSSR count). The monoisotopic (exact) mass is 490 g/mol. The minimum absolute atomic E-state index is 0.00768. The Morgan fingerprint density at radius 2 is 1.80 bits per heavy atom. The number of fused-ring (bicyclic) bond motifs is 1. The molecule has 9 heteroatoms. The number of hydrogen-bond donors (Lipinski definition) is 2. The Bertz CT molecular complexity index is 1460. The lowest BCUT2D eigenvalue weighted by Crippen LogP contribution is -2.24. The standard InChI is InChI=1S/C26H26N4O4S/c1-17(2)34-21-9-11-22(12-10-21)35(32,33)29-19-5-3-18(4-6-19)24-15-25(30(16-31)20-7-8-20)28-26-23(24)13-14-27-26/h3-6,9-17,20,29H,7-8H2,1-2H3,(H,27,28). The van der Waals surface area contributed by atoms with E-state index in [1.54, 1.807) is 29.2 Å². The molecule has 180 valence electrons. The minimum Gasteiger partial charge on any atom is -0.491 e. The summed E-state index contributed by atoms with van der Waals surface area (Å²) in [6.45, 7) is 3.82.